The lowest BCUT2D eigenvalue weighted by Gasteiger charge is -2.42. The van der Waals surface area contributed by atoms with E-state index in [1.807, 2.05) is 11.3 Å². The molecule has 0 aromatic carbocycles. The van der Waals surface area contributed by atoms with Crippen molar-refractivity contribution in [2.24, 2.45) is 5.41 Å². The van der Waals surface area contributed by atoms with E-state index in [4.69, 9.17) is 5.11 Å². The highest BCUT2D eigenvalue weighted by molar-refractivity contribution is 7.10. The van der Waals surface area contributed by atoms with Crippen LogP contribution in [0.25, 0.3) is 0 Å². The minimum atomic E-state index is 0.333. The van der Waals surface area contributed by atoms with Crippen LogP contribution in [0.4, 0.5) is 0 Å². The SMILES string of the molecule is Cc1ccsc1CNCC1(CCO)CCC1. The second-order valence-electron chi connectivity index (χ2n) is 4.96. The van der Waals surface area contributed by atoms with Gasteiger partial charge >= 0.3 is 0 Å². The van der Waals surface area contributed by atoms with Gasteiger partial charge in [0.05, 0.1) is 0 Å². The maximum absolute atomic E-state index is 9.07. The van der Waals surface area contributed by atoms with E-state index in [-0.39, 0.29) is 0 Å². The molecule has 1 aliphatic carbocycles. The molecule has 2 rings (SSSR count). The Balaban J connectivity index is 1.77. The number of nitrogens with one attached hydrogen (secondary N) is 1. The van der Waals surface area contributed by atoms with Crippen LogP contribution in [-0.4, -0.2) is 18.3 Å². The summed E-state index contributed by atoms with van der Waals surface area (Å²) in [4.78, 5) is 1.44. The van der Waals surface area contributed by atoms with Crippen molar-refractivity contribution in [3.05, 3.63) is 21.9 Å². The lowest BCUT2D eigenvalue weighted by Crippen LogP contribution is -2.40. The molecule has 1 aliphatic rings. The maximum Gasteiger partial charge on any atom is 0.0436 e. The zero-order valence-electron chi connectivity index (χ0n) is 9.96. The van der Waals surface area contributed by atoms with Gasteiger partial charge in [-0.25, -0.2) is 0 Å². The van der Waals surface area contributed by atoms with Crippen LogP contribution in [0.3, 0.4) is 0 Å². The molecule has 0 unspecified atom stereocenters. The fraction of sp³-hybridized carbons (Fsp3) is 0.692. The van der Waals surface area contributed by atoms with E-state index in [2.05, 4.69) is 23.7 Å². The number of aryl methyl sites for hydroxylation is 1. The molecule has 1 aromatic rings. The maximum atomic E-state index is 9.07. The highest BCUT2D eigenvalue weighted by atomic mass is 32.1. The highest BCUT2D eigenvalue weighted by Gasteiger charge is 2.35. The van der Waals surface area contributed by atoms with E-state index >= 15 is 0 Å². The van der Waals surface area contributed by atoms with Gasteiger partial charge in [-0.1, -0.05) is 6.42 Å². The van der Waals surface area contributed by atoms with Crippen LogP contribution >= 0.6 is 11.3 Å². The van der Waals surface area contributed by atoms with Crippen LogP contribution in [0, 0.1) is 12.3 Å². The van der Waals surface area contributed by atoms with Crippen LogP contribution in [-0.2, 0) is 6.54 Å². The van der Waals surface area contributed by atoms with Crippen molar-refractivity contribution < 1.29 is 5.11 Å². The average molecular weight is 239 g/mol. The van der Waals surface area contributed by atoms with Crippen molar-refractivity contribution in [1.82, 2.24) is 5.32 Å². The molecule has 16 heavy (non-hydrogen) atoms. The van der Waals surface area contributed by atoms with Crippen LogP contribution in [0.15, 0.2) is 11.4 Å². The summed E-state index contributed by atoms with van der Waals surface area (Å²) in [7, 11) is 0. The fourth-order valence-corrected chi connectivity index (χ4v) is 3.33. The Kier molecular flexibility index (Phi) is 4.00. The highest BCUT2D eigenvalue weighted by Crippen LogP contribution is 2.43. The molecule has 2 N–H and O–H groups in total. The third-order valence-corrected chi connectivity index (χ3v) is 4.83. The third kappa shape index (κ3) is 2.65. The Bertz CT molecular complexity index is 330. The van der Waals surface area contributed by atoms with Crippen molar-refractivity contribution in [3.63, 3.8) is 0 Å². The van der Waals surface area contributed by atoms with Crippen molar-refractivity contribution in [1.29, 1.82) is 0 Å². The summed E-state index contributed by atoms with van der Waals surface area (Å²) in [6.45, 7) is 4.54. The summed E-state index contributed by atoms with van der Waals surface area (Å²) < 4.78 is 0. The van der Waals surface area contributed by atoms with E-state index in [0.29, 0.717) is 12.0 Å². The lowest BCUT2D eigenvalue weighted by atomic mass is 9.67. The largest absolute Gasteiger partial charge is 0.396 e. The Morgan fingerprint density at radius 2 is 2.31 bits per heavy atom. The number of aliphatic hydroxyl groups is 1. The summed E-state index contributed by atoms with van der Waals surface area (Å²) in [5.41, 5.74) is 1.79. The number of hydrogen-bond acceptors (Lipinski definition) is 3. The summed E-state index contributed by atoms with van der Waals surface area (Å²) in [6.07, 6.45) is 4.86. The summed E-state index contributed by atoms with van der Waals surface area (Å²) in [5.74, 6) is 0. The van der Waals surface area contributed by atoms with Crippen LogP contribution in [0.5, 0.6) is 0 Å². The van der Waals surface area contributed by atoms with E-state index in [1.54, 1.807) is 0 Å². The third-order valence-electron chi connectivity index (χ3n) is 3.81. The fourth-order valence-electron chi connectivity index (χ4n) is 2.46. The van der Waals surface area contributed by atoms with Gasteiger partial charge in [-0.15, -0.1) is 11.3 Å². The molecule has 0 aliphatic heterocycles. The normalized spacial score (nSPS) is 18.4. The Labute approximate surface area is 102 Å². The van der Waals surface area contributed by atoms with Gasteiger partial charge in [0.25, 0.3) is 0 Å². The molecule has 0 spiro atoms. The topological polar surface area (TPSA) is 32.3 Å². The second-order valence-corrected chi connectivity index (χ2v) is 5.96. The van der Waals surface area contributed by atoms with E-state index < -0.39 is 0 Å². The molecule has 90 valence electrons. The van der Waals surface area contributed by atoms with Crippen LogP contribution in [0.2, 0.25) is 0 Å². The van der Waals surface area contributed by atoms with Crippen LogP contribution < -0.4 is 5.32 Å². The molecule has 0 amide bonds. The zero-order valence-corrected chi connectivity index (χ0v) is 10.8. The van der Waals surface area contributed by atoms with E-state index in [1.165, 1.54) is 29.7 Å². The number of thiophene rings is 1. The quantitative estimate of drug-likeness (QED) is 0.800. The smallest absolute Gasteiger partial charge is 0.0436 e. The molecule has 1 heterocycles. The number of hydrogen-bond donors (Lipinski definition) is 2. The molecule has 1 fully saturated rings. The molecule has 3 heteroatoms. The van der Waals surface area contributed by atoms with Gasteiger partial charge < -0.3 is 10.4 Å². The van der Waals surface area contributed by atoms with Gasteiger partial charge in [0.2, 0.25) is 0 Å². The molecular formula is C13H21NOS. The molecule has 1 saturated carbocycles. The van der Waals surface area contributed by atoms with Gasteiger partial charge in [-0.05, 0) is 48.6 Å². The van der Waals surface area contributed by atoms with Gasteiger partial charge in [-0.3, -0.25) is 0 Å². The minimum absolute atomic E-state index is 0.333. The standard InChI is InChI=1S/C13H21NOS/c1-11-3-8-16-12(11)9-14-10-13(6-7-15)4-2-5-13/h3,8,14-15H,2,4-7,9-10H2,1H3. The van der Waals surface area contributed by atoms with Gasteiger partial charge in [0.15, 0.2) is 0 Å². The van der Waals surface area contributed by atoms with Crippen molar-refractivity contribution in [2.75, 3.05) is 13.2 Å². The minimum Gasteiger partial charge on any atom is -0.396 e. The second kappa shape index (κ2) is 5.30. The predicted octanol–water partition coefficient (Wildman–Crippen LogP) is 2.70. The first-order valence-corrected chi connectivity index (χ1v) is 6.98. The Morgan fingerprint density at radius 3 is 2.81 bits per heavy atom. The monoisotopic (exact) mass is 239 g/mol. The molecule has 1 aromatic heterocycles. The van der Waals surface area contributed by atoms with Crippen LogP contribution in [0.1, 0.15) is 36.1 Å². The molecule has 2 nitrogen and oxygen atoms in total. The summed E-state index contributed by atoms with van der Waals surface area (Å²) >= 11 is 1.83. The zero-order chi connectivity index (χ0) is 11.4. The summed E-state index contributed by atoms with van der Waals surface area (Å²) in [6, 6.07) is 2.18. The van der Waals surface area contributed by atoms with Gasteiger partial charge in [-0.2, -0.15) is 0 Å². The van der Waals surface area contributed by atoms with Gasteiger partial charge in [0.1, 0.15) is 0 Å². The van der Waals surface area contributed by atoms with Crippen molar-refractivity contribution >= 4 is 11.3 Å². The molecule has 0 saturated heterocycles. The summed E-state index contributed by atoms with van der Waals surface area (Å²) in [5, 5.41) is 14.8. The number of aliphatic hydroxyl groups excluding tert-OH is 1. The number of rotatable bonds is 6. The van der Waals surface area contributed by atoms with Crippen molar-refractivity contribution in [3.8, 4) is 0 Å². The molecule has 0 bridgehead atoms. The van der Waals surface area contributed by atoms with E-state index in [0.717, 1.165) is 19.5 Å². The molecule has 0 radical (unpaired) electrons. The molecular weight excluding hydrogens is 218 g/mol. The first-order chi connectivity index (χ1) is 7.76. The van der Waals surface area contributed by atoms with E-state index in [9.17, 15) is 0 Å². The lowest BCUT2D eigenvalue weighted by molar-refractivity contribution is 0.0860. The Hall–Kier alpha value is -0.380. The van der Waals surface area contributed by atoms with Crippen molar-refractivity contribution in [2.45, 2.75) is 39.2 Å². The average Bonchev–Trinajstić information content (AvgIpc) is 2.61. The molecule has 0 atom stereocenters. The van der Waals surface area contributed by atoms with Gasteiger partial charge in [0, 0.05) is 24.6 Å². The Morgan fingerprint density at radius 1 is 1.50 bits per heavy atom. The first-order valence-electron chi connectivity index (χ1n) is 6.10. The predicted molar refractivity (Wildman–Crippen MR) is 68.7 cm³/mol. The first kappa shape index (κ1) is 12.1.